The number of aromatic nitrogens is 3. The lowest BCUT2D eigenvalue weighted by Gasteiger charge is -1.99. The molecule has 0 aliphatic carbocycles. The smallest absolute Gasteiger partial charge is 0.170 e. The van der Waals surface area contributed by atoms with E-state index in [-0.39, 0.29) is 11.6 Å². The SMILES string of the molecule is CCS(=O)(=O)Cn1cc2ncccc2n1. The number of sulfone groups is 1. The van der Waals surface area contributed by atoms with Gasteiger partial charge in [0.05, 0.1) is 6.20 Å². The minimum Gasteiger partial charge on any atom is -0.255 e. The molecule has 0 amide bonds. The van der Waals surface area contributed by atoms with Crippen LogP contribution in [0.2, 0.25) is 0 Å². The van der Waals surface area contributed by atoms with Gasteiger partial charge in [0.25, 0.3) is 0 Å². The fourth-order valence-corrected chi connectivity index (χ4v) is 1.98. The van der Waals surface area contributed by atoms with Crippen molar-refractivity contribution in [2.24, 2.45) is 0 Å². The summed E-state index contributed by atoms with van der Waals surface area (Å²) in [7, 11) is -3.05. The molecule has 0 aromatic carbocycles. The first-order valence-corrected chi connectivity index (χ1v) is 6.41. The van der Waals surface area contributed by atoms with Crippen LogP contribution in [0.15, 0.2) is 24.5 Å². The van der Waals surface area contributed by atoms with E-state index in [0.29, 0.717) is 11.0 Å². The Hall–Kier alpha value is -1.43. The van der Waals surface area contributed by atoms with E-state index in [1.165, 1.54) is 4.68 Å². The minimum absolute atomic E-state index is 0.0835. The van der Waals surface area contributed by atoms with E-state index in [9.17, 15) is 8.42 Å². The summed E-state index contributed by atoms with van der Waals surface area (Å²) in [6, 6.07) is 3.57. The Morgan fingerprint density at radius 2 is 2.20 bits per heavy atom. The van der Waals surface area contributed by atoms with Crippen LogP contribution in [-0.2, 0) is 15.7 Å². The molecule has 0 aliphatic heterocycles. The van der Waals surface area contributed by atoms with Gasteiger partial charge in [0, 0.05) is 11.9 Å². The third-order valence-corrected chi connectivity index (χ3v) is 3.63. The van der Waals surface area contributed by atoms with Gasteiger partial charge in [-0.1, -0.05) is 6.92 Å². The van der Waals surface area contributed by atoms with E-state index in [2.05, 4.69) is 10.1 Å². The van der Waals surface area contributed by atoms with Crippen LogP contribution in [0, 0.1) is 0 Å². The summed E-state index contributed by atoms with van der Waals surface area (Å²) < 4.78 is 24.1. The van der Waals surface area contributed by atoms with E-state index in [1.807, 2.05) is 0 Å². The lowest BCUT2D eigenvalue weighted by atomic mass is 10.4. The van der Waals surface area contributed by atoms with Crippen molar-refractivity contribution in [2.45, 2.75) is 12.8 Å². The van der Waals surface area contributed by atoms with E-state index >= 15 is 0 Å². The van der Waals surface area contributed by atoms with Crippen molar-refractivity contribution in [3.05, 3.63) is 24.5 Å². The van der Waals surface area contributed by atoms with Crippen molar-refractivity contribution in [1.82, 2.24) is 14.8 Å². The largest absolute Gasteiger partial charge is 0.255 e. The fourth-order valence-electron chi connectivity index (χ4n) is 1.26. The zero-order valence-electron chi connectivity index (χ0n) is 8.29. The Morgan fingerprint density at radius 1 is 1.40 bits per heavy atom. The van der Waals surface area contributed by atoms with Gasteiger partial charge in [-0.15, -0.1) is 0 Å². The van der Waals surface area contributed by atoms with Crippen molar-refractivity contribution >= 4 is 20.9 Å². The number of hydrogen-bond donors (Lipinski definition) is 0. The minimum atomic E-state index is -3.05. The summed E-state index contributed by atoms with van der Waals surface area (Å²) in [5.74, 6) is 0.0382. The highest BCUT2D eigenvalue weighted by Gasteiger charge is 2.10. The average molecular weight is 225 g/mol. The normalized spacial score (nSPS) is 12.1. The predicted octanol–water partition coefficient (Wildman–Crippen LogP) is 0.823. The van der Waals surface area contributed by atoms with Crippen LogP contribution in [0.5, 0.6) is 0 Å². The topological polar surface area (TPSA) is 64.8 Å². The van der Waals surface area contributed by atoms with E-state index in [1.54, 1.807) is 31.5 Å². The van der Waals surface area contributed by atoms with Gasteiger partial charge in [-0.25, -0.2) is 8.42 Å². The summed E-state index contributed by atoms with van der Waals surface area (Å²) >= 11 is 0. The van der Waals surface area contributed by atoms with E-state index in [4.69, 9.17) is 0 Å². The standard InChI is InChI=1S/C9H11N3O2S/c1-2-15(13,14)7-12-6-9-8(11-12)4-3-5-10-9/h3-6H,2,7H2,1H3. The molecule has 2 aromatic rings. The molecule has 6 heteroatoms. The molecule has 0 bridgehead atoms. The number of hydrogen-bond acceptors (Lipinski definition) is 4. The molecule has 2 heterocycles. The second-order valence-corrected chi connectivity index (χ2v) is 5.56. The van der Waals surface area contributed by atoms with Crippen molar-refractivity contribution in [3.63, 3.8) is 0 Å². The lowest BCUT2D eigenvalue weighted by molar-refractivity contribution is 0.578. The molecule has 0 N–H and O–H groups in total. The molecule has 0 saturated heterocycles. The number of pyridine rings is 1. The van der Waals surface area contributed by atoms with Gasteiger partial charge < -0.3 is 0 Å². The van der Waals surface area contributed by atoms with Crippen LogP contribution in [0.25, 0.3) is 11.0 Å². The number of rotatable bonds is 3. The first-order chi connectivity index (χ1) is 7.11. The van der Waals surface area contributed by atoms with Gasteiger partial charge >= 0.3 is 0 Å². The second kappa shape index (κ2) is 3.62. The predicted molar refractivity (Wildman–Crippen MR) is 57.0 cm³/mol. The van der Waals surface area contributed by atoms with Gasteiger partial charge in [-0.3, -0.25) is 9.67 Å². The van der Waals surface area contributed by atoms with Crippen molar-refractivity contribution in [2.75, 3.05) is 5.75 Å². The Bertz CT molecular complexity index is 541. The summed E-state index contributed by atoms with van der Waals surface area (Å²) in [5.41, 5.74) is 1.42. The van der Waals surface area contributed by atoms with Gasteiger partial charge in [0.15, 0.2) is 9.84 Å². The Morgan fingerprint density at radius 3 is 2.87 bits per heavy atom. The maximum absolute atomic E-state index is 11.4. The van der Waals surface area contributed by atoms with Crippen LogP contribution in [0.1, 0.15) is 6.92 Å². The fraction of sp³-hybridized carbons (Fsp3) is 0.333. The highest BCUT2D eigenvalue weighted by molar-refractivity contribution is 7.90. The summed E-state index contributed by atoms with van der Waals surface area (Å²) in [5, 5.41) is 4.12. The Kier molecular flexibility index (Phi) is 2.44. The quantitative estimate of drug-likeness (QED) is 0.775. The molecule has 15 heavy (non-hydrogen) atoms. The summed E-state index contributed by atoms with van der Waals surface area (Å²) in [6.45, 7) is 1.62. The molecule has 0 atom stereocenters. The molecule has 0 radical (unpaired) electrons. The summed E-state index contributed by atoms with van der Waals surface area (Å²) in [4.78, 5) is 4.08. The number of nitrogens with zero attached hydrogens (tertiary/aromatic N) is 3. The van der Waals surface area contributed by atoms with E-state index < -0.39 is 9.84 Å². The van der Waals surface area contributed by atoms with Crippen molar-refractivity contribution in [3.8, 4) is 0 Å². The molecule has 0 spiro atoms. The van der Waals surface area contributed by atoms with Gasteiger partial charge in [0.2, 0.25) is 0 Å². The van der Waals surface area contributed by atoms with Crippen LogP contribution >= 0.6 is 0 Å². The number of fused-ring (bicyclic) bond motifs is 1. The summed E-state index contributed by atoms with van der Waals surface area (Å²) in [6.07, 6.45) is 3.30. The monoisotopic (exact) mass is 225 g/mol. The zero-order valence-corrected chi connectivity index (χ0v) is 9.11. The van der Waals surface area contributed by atoms with Crippen LogP contribution in [-0.4, -0.2) is 28.9 Å². The zero-order chi connectivity index (χ0) is 10.9. The molecule has 80 valence electrons. The molecule has 5 nitrogen and oxygen atoms in total. The van der Waals surface area contributed by atoms with Crippen LogP contribution in [0.3, 0.4) is 0 Å². The van der Waals surface area contributed by atoms with Crippen molar-refractivity contribution in [1.29, 1.82) is 0 Å². The first-order valence-electron chi connectivity index (χ1n) is 4.59. The molecule has 2 aromatic heterocycles. The van der Waals surface area contributed by atoms with Crippen LogP contribution in [0.4, 0.5) is 0 Å². The maximum Gasteiger partial charge on any atom is 0.170 e. The molecule has 0 aliphatic rings. The molecular formula is C9H11N3O2S. The third-order valence-electron chi connectivity index (χ3n) is 2.09. The van der Waals surface area contributed by atoms with Crippen molar-refractivity contribution < 1.29 is 8.42 Å². The van der Waals surface area contributed by atoms with Gasteiger partial charge in [-0.05, 0) is 12.1 Å². The molecule has 0 fully saturated rings. The molecule has 2 rings (SSSR count). The van der Waals surface area contributed by atoms with Gasteiger partial charge in [-0.2, -0.15) is 5.10 Å². The second-order valence-electron chi connectivity index (χ2n) is 3.24. The van der Waals surface area contributed by atoms with E-state index in [0.717, 1.165) is 0 Å². The highest BCUT2D eigenvalue weighted by atomic mass is 32.2. The molecule has 0 saturated carbocycles. The first kappa shape index (κ1) is 10.1. The molecular weight excluding hydrogens is 214 g/mol. The third kappa shape index (κ3) is 2.15. The van der Waals surface area contributed by atoms with Crippen LogP contribution < -0.4 is 0 Å². The Balaban J connectivity index is 2.38. The highest BCUT2D eigenvalue weighted by Crippen LogP contribution is 2.08. The maximum atomic E-state index is 11.4. The average Bonchev–Trinajstić information content (AvgIpc) is 2.58. The molecule has 0 unspecified atom stereocenters. The lowest BCUT2D eigenvalue weighted by Crippen LogP contribution is -2.12. The Labute approximate surface area is 87.7 Å². The van der Waals surface area contributed by atoms with Gasteiger partial charge in [0.1, 0.15) is 16.9 Å².